The molecule has 2 heterocycles. The van der Waals surface area contributed by atoms with Crippen LogP contribution in [0.3, 0.4) is 0 Å². The van der Waals surface area contributed by atoms with Crippen LogP contribution in [0.5, 0.6) is 0 Å². The van der Waals surface area contributed by atoms with E-state index >= 15 is 0 Å². The van der Waals surface area contributed by atoms with Gasteiger partial charge in [0.15, 0.2) is 0 Å². The van der Waals surface area contributed by atoms with E-state index in [0.29, 0.717) is 12.5 Å². The maximum Gasteiger partial charge on any atom is 0.252 e. The molecular weight excluding hydrogens is 180 g/mol. The van der Waals surface area contributed by atoms with Crippen LogP contribution in [-0.4, -0.2) is 42.6 Å². The molecule has 2 aliphatic heterocycles. The highest BCUT2D eigenvalue weighted by atomic mass is 16.5. The Hall–Kier alpha value is -0.610. The molecule has 2 aliphatic rings. The summed E-state index contributed by atoms with van der Waals surface area (Å²) < 4.78 is 5.44. The number of hydrogen-bond acceptors (Lipinski definition) is 3. The highest BCUT2D eigenvalue weighted by molar-refractivity contribution is 5.81. The van der Waals surface area contributed by atoms with Gasteiger partial charge in [0.1, 0.15) is 6.10 Å². The molecule has 0 aromatic heterocycles. The van der Waals surface area contributed by atoms with E-state index in [4.69, 9.17) is 10.5 Å². The summed E-state index contributed by atoms with van der Waals surface area (Å²) in [7, 11) is 0. The van der Waals surface area contributed by atoms with Crippen molar-refractivity contribution in [2.75, 3.05) is 19.7 Å². The maximum atomic E-state index is 11.9. The number of rotatable bonds is 1. The highest BCUT2D eigenvalue weighted by Crippen LogP contribution is 2.23. The number of amides is 1. The SMILES string of the molecule is CC1CCOC1C(=O)N1CCC(N)C1. The summed E-state index contributed by atoms with van der Waals surface area (Å²) in [6.45, 7) is 4.29. The molecule has 0 spiro atoms. The molecule has 4 nitrogen and oxygen atoms in total. The molecule has 2 saturated heterocycles. The molecule has 3 atom stereocenters. The van der Waals surface area contributed by atoms with Crippen molar-refractivity contribution in [3.05, 3.63) is 0 Å². The second kappa shape index (κ2) is 3.87. The van der Waals surface area contributed by atoms with Gasteiger partial charge in [0.25, 0.3) is 5.91 Å². The van der Waals surface area contributed by atoms with E-state index in [-0.39, 0.29) is 18.1 Å². The number of likely N-dealkylation sites (tertiary alicyclic amines) is 1. The lowest BCUT2D eigenvalue weighted by molar-refractivity contribution is -0.141. The minimum absolute atomic E-state index is 0.142. The van der Waals surface area contributed by atoms with Crippen LogP contribution in [-0.2, 0) is 9.53 Å². The summed E-state index contributed by atoms with van der Waals surface area (Å²) in [6, 6.07) is 0.163. The number of carbonyl (C=O) groups is 1. The first-order chi connectivity index (χ1) is 6.68. The van der Waals surface area contributed by atoms with Gasteiger partial charge < -0.3 is 15.4 Å². The standard InChI is InChI=1S/C10H18N2O2/c1-7-3-5-14-9(7)10(13)12-4-2-8(11)6-12/h7-9H,2-6,11H2,1H3. The quantitative estimate of drug-likeness (QED) is 0.644. The molecular formula is C10H18N2O2. The van der Waals surface area contributed by atoms with Gasteiger partial charge in [-0.15, -0.1) is 0 Å². The average molecular weight is 198 g/mol. The van der Waals surface area contributed by atoms with E-state index in [1.807, 2.05) is 4.90 Å². The minimum Gasteiger partial charge on any atom is -0.368 e. The van der Waals surface area contributed by atoms with E-state index < -0.39 is 0 Å². The van der Waals surface area contributed by atoms with E-state index in [2.05, 4.69) is 6.92 Å². The normalized spacial score (nSPS) is 37.9. The van der Waals surface area contributed by atoms with Crippen LogP contribution < -0.4 is 5.73 Å². The zero-order chi connectivity index (χ0) is 10.1. The summed E-state index contributed by atoms with van der Waals surface area (Å²) in [5.41, 5.74) is 5.76. The van der Waals surface area contributed by atoms with Crippen LogP contribution >= 0.6 is 0 Å². The highest BCUT2D eigenvalue weighted by Gasteiger charge is 2.36. The first-order valence-electron chi connectivity index (χ1n) is 5.34. The molecule has 80 valence electrons. The lowest BCUT2D eigenvalue weighted by Crippen LogP contribution is -2.41. The second-order valence-electron chi connectivity index (χ2n) is 4.39. The van der Waals surface area contributed by atoms with Crippen LogP contribution in [0, 0.1) is 5.92 Å². The van der Waals surface area contributed by atoms with Crippen molar-refractivity contribution in [3.8, 4) is 0 Å². The first-order valence-corrected chi connectivity index (χ1v) is 5.34. The van der Waals surface area contributed by atoms with Gasteiger partial charge in [-0.05, 0) is 18.8 Å². The zero-order valence-electron chi connectivity index (χ0n) is 8.61. The molecule has 0 bridgehead atoms. The van der Waals surface area contributed by atoms with Crippen LogP contribution in [0.15, 0.2) is 0 Å². The molecule has 4 heteroatoms. The average Bonchev–Trinajstić information content (AvgIpc) is 2.73. The largest absolute Gasteiger partial charge is 0.368 e. The van der Waals surface area contributed by atoms with Crippen LogP contribution in [0.25, 0.3) is 0 Å². The molecule has 0 radical (unpaired) electrons. The number of carbonyl (C=O) groups excluding carboxylic acids is 1. The van der Waals surface area contributed by atoms with Gasteiger partial charge in [0.05, 0.1) is 0 Å². The first kappa shape index (κ1) is 9.93. The Balaban J connectivity index is 1.94. The number of hydrogen-bond donors (Lipinski definition) is 1. The van der Waals surface area contributed by atoms with E-state index in [9.17, 15) is 4.79 Å². The topological polar surface area (TPSA) is 55.6 Å². The van der Waals surface area contributed by atoms with Gasteiger partial charge in [-0.25, -0.2) is 0 Å². The molecule has 0 aromatic rings. The lowest BCUT2D eigenvalue weighted by Gasteiger charge is -2.22. The molecule has 0 aromatic carbocycles. The van der Waals surface area contributed by atoms with Crippen molar-refractivity contribution in [2.24, 2.45) is 11.7 Å². The molecule has 0 aliphatic carbocycles. The van der Waals surface area contributed by atoms with Crippen LogP contribution in [0.4, 0.5) is 0 Å². The molecule has 1 amide bonds. The van der Waals surface area contributed by atoms with E-state index in [1.54, 1.807) is 0 Å². The van der Waals surface area contributed by atoms with Crippen LogP contribution in [0.2, 0.25) is 0 Å². The third kappa shape index (κ3) is 1.77. The van der Waals surface area contributed by atoms with E-state index in [1.165, 1.54) is 0 Å². The Morgan fingerprint density at radius 3 is 2.79 bits per heavy atom. The maximum absolute atomic E-state index is 11.9. The minimum atomic E-state index is -0.208. The van der Waals surface area contributed by atoms with Gasteiger partial charge >= 0.3 is 0 Å². The van der Waals surface area contributed by atoms with Gasteiger partial charge in [0, 0.05) is 25.7 Å². The Bertz CT molecular complexity index is 232. The Morgan fingerprint density at radius 2 is 2.29 bits per heavy atom. The third-order valence-electron chi connectivity index (χ3n) is 3.17. The van der Waals surface area contributed by atoms with Crippen molar-refractivity contribution in [3.63, 3.8) is 0 Å². The summed E-state index contributed by atoms with van der Waals surface area (Å²) >= 11 is 0. The zero-order valence-corrected chi connectivity index (χ0v) is 8.61. The number of ether oxygens (including phenoxy) is 1. The fourth-order valence-electron chi connectivity index (χ4n) is 2.18. The Labute approximate surface area is 84.4 Å². The number of nitrogens with two attached hydrogens (primary N) is 1. The molecule has 2 N–H and O–H groups in total. The van der Waals surface area contributed by atoms with Crippen molar-refractivity contribution in [1.82, 2.24) is 4.90 Å². The van der Waals surface area contributed by atoms with Crippen molar-refractivity contribution >= 4 is 5.91 Å². The van der Waals surface area contributed by atoms with Crippen molar-refractivity contribution < 1.29 is 9.53 Å². The third-order valence-corrected chi connectivity index (χ3v) is 3.17. The Kier molecular flexibility index (Phi) is 2.74. The summed E-state index contributed by atoms with van der Waals surface area (Å²) in [5, 5.41) is 0. The Morgan fingerprint density at radius 1 is 1.50 bits per heavy atom. The molecule has 2 rings (SSSR count). The number of nitrogens with zero attached hydrogens (tertiary/aromatic N) is 1. The van der Waals surface area contributed by atoms with Gasteiger partial charge in [-0.3, -0.25) is 4.79 Å². The van der Waals surface area contributed by atoms with E-state index in [0.717, 1.165) is 26.0 Å². The lowest BCUT2D eigenvalue weighted by atomic mass is 10.0. The molecule has 3 unspecified atom stereocenters. The fourth-order valence-corrected chi connectivity index (χ4v) is 2.18. The van der Waals surface area contributed by atoms with Crippen molar-refractivity contribution in [1.29, 1.82) is 0 Å². The molecule has 2 fully saturated rings. The van der Waals surface area contributed by atoms with Gasteiger partial charge in [-0.2, -0.15) is 0 Å². The predicted molar refractivity (Wildman–Crippen MR) is 52.7 cm³/mol. The molecule has 0 saturated carbocycles. The smallest absolute Gasteiger partial charge is 0.252 e. The van der Waals surface area contributed by atoms with Crippen molar-refractivity contribution in [2.45, 2.75) is 31.9 Å². The summed E-state index contributed by atoms with van der Waals surface area (Å²) in [4.78, 5) is 13.8. The van der Waals surface area contributed by atoms with Gasteiger partial charge in [0.2, 0.25) is 0 Å². The van der Waals surface area contributed by atoms with Gasteiger partial charge in [-0.1, -0.05) is 6.92 Å². The predicted octanol–water partition coefficient (Wildman–Crippen LogP) is -0.0290. The van der Waals surface area contributed by atoms with Crippen LogP contribution in [0.1, 0.15) is 19.8 Å². The summed E-state index contributed by atoms with van der Waals surface area (Å²) in [5.74, 6) is 0.502. The monoisotopic (exact) mass is 198 g/mol. The fraction of sp³-hybridized carbons (Fsp3) is 0.900. The second-order valence-corrected chi connectivity index (χ2v) is 4.39. The molecule has 14 heavy (non-hydrogen) atoms. The summed E-state index contributed by atoms with van der Waals surface area (Å²) in [6.07, 6.45) is 1.71.